The van der Waals surface area contributed by atoms with E-state index in [1.165, 1.54) is 0 Å². The first-order valence-corrected chi connectivity index (χ1v) is 0. The molecule has 0 spiro atoms. The van der Waals surface area contributed by atoms with Crippen LogP contribution in [0.5, 0.6) is 0 Å². The molecule has 5 heteroatoms. The summed E-state index contributed by atoms with van der Waals surface area (Å²) < 4.78 is 0. The molecule has 0 rings (SSSR count). The maximum absolute atomic E-state index is 0. The Labute approximate surface area is 109 Å². The molecule has 0 bridgehead atoms. The number of hydrogen-bond donors (Lipinski definition) is 0. The van der Waals surface area contributed by atoms with Crippen LogP contribution < -0.4 is 29.6 Å². The third kappa shape index (κ3) is 18.5. The third-order valence-corrected chi connectivity index (χ3v) is 0. The van der Waals surface area contributed by atoms with Gasteiger partial charge < -0.3 is 1.43 Å². The van der Waals surface area contributed by atoms with Crippen molar-refractivity contribution in [3.05, 3.63) is 0 Å². The molecule has 0 heterocycles. The average molecular weight is 359 g/mol. The van der Waals surface area contributed by atoms with Crippen LogP contribution in [0.2, 0.25) is 0 Å². The predicted octanol–water partition coefficient (Wildman–Crippen LogP) is -6.17. The van der Waals surface area contributed by atoms with Gasteiger partial charge in [0.2, 0.25) is 0 Å². The van der Waals surface area contributed by atoms with Crippen molar-refractivity contribution in [1.29, 1.82) is 0 Å². The maximum atomic E-state index is 0. The molecule has 33 valence electrons. The summed E-state index contributed by atoms with van der Waals surface area (Å²) in [6, 6.07) is 0. The van der Waals surface area contributed by atoms with Gasteiger partial charge in [0, 0.05) is 17.1 Å². The van der Waals surface area contributed by atoms with Gasteiger partial charge in [-0.05, 0) is 0 Å². The van der Waals surface area contributed by atoms with E-state index in [9.17, 15) is 0 Å². The SMILES string of the molecule is [Cu].[GaH3].[H-].[InH3].[Na+].[SeH2]. The molecule has 0 aliphatic heterocycles. The van der Waals surface area contributed by atoms with Gasteiger partial charge in [0.05, 0.1) is 0 Å². The summed E-state index contributed by atoms with van der Waals surface area (Å²) in [7, 11) is 0. The van der Waals surface area contributed by atoms with E-state index >= 15 is 0 Å². The van der Waals surface area contributed by atoms with Gasteiger partial charge in [0.15, 0.2) is 0 Å². The number of hydrogen-bond acceptors (Lipinski definition) is 0. The van der Waals surface area contributed by atoms with Crippen molar-refractivity contribution in [3.8, 4) is 0 Å². The molecule has 5 heavy (non-hydrogen) atoms. The van der Waals surface area contributed by atoms with Crippen molar-refractivity contribution in [2.45, 2.75) is 0 Å². The van der Waals surface area contributed by atoms with E-state index in [1.54, 1.807) is 0 Å². The Hall–Kier alpha value is 3.55. The van der Waals surface area contributed by atoms with Crippen LogP contribution in [-0.2, 0) is 17.1 Å². The van der Waals surface area contributed by atoms with E-state index in [2.05, 4.69) is 0 Å². The zero-order chi connectivity index (χ0) is 0. The average Bonchev–Trinajstić information content (AvgIpc) is 0. The first-order valence-electron chi connectivity index (χ1n) is 0. The minimum absolute atomic E-state index is 0. The van der Waals surface area contributed by atoms with Crippen LogP contribution >= 0.6 is 0 Å². The zero-order valence-electron chi connectivity index (χ0n) is 2.80. The van der Waals surface area contributed by atoms with Crippen LogP contribution in [-0.4, -0.2) is 62.7 Å². The molecule has 0 saturated heterocycles. The van der Waals surface area contributed by atoms with Crippen molar-refractivity contribution < 1.29 is 48.1 Å². The first kappa shape index (κ1) is 38.7. The molecule has 0 aromatic carbocycles. The fourth-order valence-electron chi connectivity index (χ4n) is 0. The summed E-state index contributed by atoms with van der Waals surface area (Å²) in [5.74, 6) is 0. The molecule has 0 unspecified atom stereocenters. The minimum atomic E-state index is 0. The molecule has 0 amide bonds. The molecule has 0 aromatic heterocycles. The van der Waals surface area contributed by atoms with Crippen LogP contribution in [0.25, 0.3) is 0 Å². The van der Waals surface area contributed by atoms with Crippen LogP contribution in [0.4, 0.5) is 0 Å². The van der Waals surface area contributed by atoms with E-state index in [4.69, 9.17) is 0 Å². The van der Waals surface area contributed by atoms with Crippen LogP contribution in [0.1, 0.15) is 1.43 Å². The van der Waals surface area contributed by atoms with E-state index in [-0.39, 0.29) is 111 Å². The zero-order valence-corrected chi connectivity index (χ0v) is 6.84. The Kier molecular flexibility index (Phi) is 199. The molecule has 0 aromatic rings. The van der Waals surface area contributed by atoms with Crippen molar-refractivity contribution >= 4 is 62.7 Å². The Balaban J connectivity index is 0. The Morgan fingerprint density at radius 1 is 1.20 bits per heavy atom. The van der Waals surface area contributed by atoms with Gasteiger partial charge in [-0.2, -0.15) is 0 Å². The molecule has 0 aliphatic rings. The summed E-state index contributed by atoms with van der Waals surface area (Å²) in [6.45, 7) is 0. The molecule has 0 fully saturated rings. The van der Waals surface area contributed by atoms with E-state index in [1.807, 2.05) is 0 Å². The van der Waals surface area contributed by atoms with Gasteiger partial charge >= 0.3 is 92.3 Å². The Morgan fingerprint density at radius 2 is 1.20 bits per heavy atom. The standard InChI is InChI=1S/Cu.Ga.In.Na.H2Se.7H/h;;;;1H2;;;;;;;/q;;;+1;;;;;;;;-1. The van der Waals surface area contributed by atoms with Gasteiger partial charge in [0.25, 0.3) is 0 Å². The second-order valence-electron chi connectivity index (χ2n) is 0. The van der Waals surface area contributed by atoms with E-state index in [0.29, 0.717) is 0 Å². The summed E-state index contributed by atoms with van der Waals surface area (Å²) in [5, 5.41) is 0. The molecule has 0 aliphatic carbocycles. The van der Waals surface area contributed by atoms with E-state index < -0.39 is 0 Å². The van der Waals surface area contributed by atoms with Crippen molar-refractivity contribution in [3.63, 3.8) is 0 Å². The summed E-state index contributed by atoms with van der Waals surface area (Å²) >= 11 is 0. The Morgan fingerprint density at radius 3 is 1.20 bits per heavy atom. The normalized spacial score (nSPS) is 0. The third-order valence-electron chi connectivity index (χ3n) is 0. The van der Waals surface area contributed by atoms with Gasteiger partial charge in [-0.25, -0.2) is 0 Å². The molecule has 0 atom stereocenters. The predicted molar refractivity (Wildman–Crippen MR) is 29.5 cm³/mol. The fourth-order valence-corrected chi connectivity index (χ4v) is 0. The fraction of sp³-hybridized carbons (Fsp3) is 0. The van der Waals surface area contributed by atoms with Gasteiger partial charge in [0.1, 0.15) is 0 Å². The van der Waals surface area contributed by atoms with Gasteiger partial charge in [-0.15, -0.1) is 0 Å². The van der Waals surface area contributed by atoms with Crippen molar-refractivity contribution in [2.75, 3.05) is 0 Å². The van der Waals surface area contributed by atoms with Gasteiger partial charge in [-0.1, -0.05) is 0 Å². The molecule has 0 N–H and O–H groups in total. The van der Waals surface area contributed by atoms with Crippen molar-refractivity contribution in [1.82, 2.24) is 0 Å². The van der Waals surface area contributed by atoms with Crippen LogP contribution in [0, 0.1) is 0 Å². The monoisotopic (exact) mass is 359 g/mol. The summed E-state index contributed by atoms with van der Waals surface area (Å²) in [5.41, 5.74) is 0. The number of rotatable bonds is 0. The summed E-state index contributed by atoms with van der Waals surface area (Å²) in [6.07, 6.45) is 0. The topological polar surface area (TPSA) is 0 Å². The Bertz CT molecular complexity index is 15.5. The summed E-state index contributed by atoms with van der Waals surface area (Å²) in [4.78, 5) is 0. The molecule has 1 radical (unpaired) electrons. The second kappa shape index (κ2) is 25.7. The molecule has 0 nitrogen and oxygen atoms in total. The van der Waals surface area contributed by atoms with Gasteiger partial charge in [-0.3, -0.25) is 0 Å². The second-order valence-corrected chi connectivity index (χ2v) is 0. The molecular formula is H9CuGaInNaSe. The quantitative estimate of drug-likeness (QED) is 0.378. The van der Waals surface area contributed by atoms with Crippen LogP contribution in [0.15, 0.2) is 0 Å². The first-order chi connectivity index (χ1) is 0. The molecule has 0 saturated carbocycles. The van der Waals surface area contributed by atoms with Crippen molar-refractivity contribution in [2.24, 2.45) is 0 Å². The molecular weight excluding hydrogens is 350 g/mol. The van der Waals surface area contributed by atoms with E-state index in [0.717, 1.165) is 0 Å². The van der Waals surface area contributed by atoms with Crippen LogP contribution in [0.3, 0.4) is 0 Å².